The Morgan fingerprint density at radius 2 is 1.81 bits per heavy atom. The summed E-state index contributed by atoms with van der Waals surface area (Å²) in [6.07, 6.45) is 0.960. The van der Waals surface area contributed by atoms with Gasteiger partial charge in [0, 0.05) is 10.9 Å². The van der Waals surface area contributed by atoms with Gasteiger partial charge in [0.05, 0.1) is 4.88 Å². The Kier molecular flexibility index (Phi) is 5.12. The highest BCUT2D eigenvalue weighted by Crippen LogP contribution is 2.28. The lowest BCUT2D eigenvalue weighted by molar-refractivity contribution is 0.0940. The Morgan fingerprint density at radius 1 is 1.14 bits per heavy atom. The van der Waals surface area contributed by atoms with Crippen molar-refractivity contribution < 1.29 is 9.18 Å². The zero-order chi connectivity index (χ0) is 15.4. The van der Waals surface area contributed by atoms with Gasteiger partial charge in [-0.2, -0.15) is 0 Å². The fourth-order valence-electron chi connectivity index (χ4n) is 2.29. The number of hydrogen-bond donors (Lipinski definition) is 1. The van der Waals surface area contributed by atoms with E-state index in [0.717, 1.165) is 16.9 Å². The maximum absolute atomic E-state index is 12.9. The molecule has 0 aliphatic carbocycles. The van der Waals surface area contributed by atoms with Crippen molar-refractivity contribution in [2.24, 2.45) is 5.92 Å². The summed E-state index contributed by atoms with van der Waals surface area (Å²) in [7, 11) is 0. The van der Waals surface area contributed by atoms with E-state index in [4.69, 9.17) is 0 Å². The lowest BCUT2D eigenvalue weighted by Gasteiger charge is -2.15. The van der Waals surface area contributed by atoms with Crippen LogP contribution in [0.1, 0.15) is 36.9 Å². The molecule has 1 atom stereocenters. The van der Waals surface area contributed by atoms with Crippen molar-refractivity contribution in [3.63, 3.8) is 0 Å². The Labute approximate surface area is 129 Å². The van der Waals surface area contributed by atoms with Crippen molar-refractivity contribution in [1.82, 2.24) is 5.32 Å². The summed E-state index contributed by atoms with van der Waals surface area (Å²) < 4.78 is 12.9. The lowest BCUT2D eigenvalue weighted by Crippen LogP contribution is -2.32. The van der Waals surface area contributed by atoms with Gasteiger partial charge < -0.3 is 5.32 Å². The Hall–Kier alpha value is -1.68. The van der Waals surface area contributed by atoms with E-state index in [1.807, 2.05) is 19.1 Å². The minimum absolute atomic E-state index is 0.0403. The second-order valence-electron chi connectivity index (χ2n) is 5.67. The maximum Gasteiger partial charge on any atom is 0.261 e. The molecular weight excluding hydrogens is 285 g/mol. The van der Waals surface area contributed by atoms with Crippen molar-refractivity contribution >= 4 is 17.2 Å². The quantitative estimate of drug-likeness (QED) is 0.851. The Balaban J connectivity index is 2.05. The molecule has 112 valence electrons. The molecule has 2 nitrogen and oxygen atoms in total. The summed E-state index contributed by atoms with van der Waals surface area (Å²) in [6, 6.07) is 10.2. The van der Waals surface area contributed by atoms with Crippen molar-refractivity contribution in [2.75, 3.05) is 0 Å². The molecule has 0 unspecified atom stereocenters. The van der Waals surface area contributed by atoms with Crippen LogP contribution in [0.25, 0.3) is 10.4 Å². The van der Waals surface area contributed by atoms with E-state index >= 15 is 0 Å². The highest BCUT2D eigenvalue weighted by atomic mass is 32.1. The first-order chi connectivity index (χ1) is 9.95. The second kappa shape index (κ2) is 6.85. The van der Waals surface area contributed by atoms with Crippen LogP contribution in [0.2, 0.25) is 0 Å². The van der Waals surface area contributed by atoms with Crippen molar-refractivity contribution in [3.05, 3.63) is 47.1 Å². The van der Waals surface area contributed by atoms with Crippen LogP contribution in [0.3, 0.4) is 0 Å². The lowest BCUT2D eigenvalue weighted by atomic mass is 10.1. The predicted molar refractivity (Wildman–Crippen MR) is 86.1 cm³/mol. The first-order valence-electron chi connectivity index (χ1n) is 7.12. The van der Waals surface area contributed by atoms with E-state index < -0.39 is 0 Å². The highest BCUT2D eigenvalue weighted by Gasteiger charge is 2.13. The summed E-state index contributed by atoms with van der Waals surface area (Å²) in [4.78, 5) is 13.8. The molecular formula is C17H20FNOS. The third kappa shape index (κ3) is 4.39. The van der Waals surface area contributed by atoms with Crippen LogP contribution in [0.15, 0.2) is 36.4 Å². The number of hydrogen-bond acceptors (Lipinski definition) is 2. The molecule has 1 heterocycles. The molecule has 0 aliphatic rings. The molecule has 0 bridgehead atoms. The van der Waals surface area contributed by atoms with Gasteiger partial charge in [0.15, 0.2) is 0 Å². The van der Waals surface area contributed by atoms with Crippen LogP contribution < -0.4 is 5.32 Å². The molecule has 0 spiro atoms. The molecule has 1 aromatic carbocycles. The molecule has 1 aromatic heterocycles. The minimum Gasteiger partial charge on any atom is -0.349 e. The van der Waals surface area contributed by atoms with Crippen molar-refractivity contribution in [1.29, 1.82) is 0 Å². The van der Waals surface area contributed by atoms with Crippen LogP contribution in [0.4, 0.5) is 4.39 Å². The summed E-state index contributed by atoms with van der Waals surface area (Å²) in [5.41, 5.74) is 0.927. The van der Waals surface area contributed by atoms with Gasteiger partial charge in [0.25, 0.3) is 5.91 Å². The van der Waals surface area contributed by atoms with Gasteiger partial charge in [-0.05, 0) is 49.1 Å². The number of benzene rings is 1. The van der Waals surface area contributed by atoms with Gasteiger partial charge in [-0.1, -0.05) is 26.0 Å². The van der Waals surface area contributed by atoms with E-state index in [-0.39, 0.29) is 17.8 Å². The zero-order valence-corrected chi connectivity index (χ0v) is 13.3. The van der Waals surface area contributed by atoms with E-state index in [2.05, 4.69) is 19.2 Å². The molecule has 1 N–H and O–H groups in total. The van der Waals surface area contributed by atoms with Gasteiger partial charge >= 0.3 is 0 Å². The van der Waals surface area contributed by atoms with E-state index in [9.17, 15) is 9.18 Å². The highest BCUT2D eigenvalue weighted by molar-refractivity contribution is 7.17. The van der Waals surface area contributed by atoms with Gasteiger partial charge in [0.1, 0.15) is 5.82 Å². The number of halogens is 1. The third-order valence-electron chi connectivity index (χ3n) is 3.16. The normalized spacial score (nSPS) is 12.4. The summed E-state index contributed by atoms with van der Waals surface area (Å²) in [5.74, 6) is 0.260. The molecule has 0 saturated heterocycles. The fraction of sp³-hybridized carbons (Fsp3) is 0.353. The van der Waals surface area contributed by atoms with E-state index in [1.54, 1.807) is 12.1 Å². The third-order valence-corrected chi connectivity index (χ3v) is 4.29. The van der Waals surface area contributed by atoms with E-state index in [1.165, 1.54) is 23.5 Å². The molecule has 2 rings (SSSR count). The smallest absolute Gasteiger partial charge is 0.261 e. The number of amides is 1. The predicted octanol–water partition coefficient (Wildman–Crippen LogP) is 4.72. The van der Waals surface area contributed by atoms with E-state index in [0.29, 0.717) is 10.8 Å². The average Bonchev–Trinajstić information content (AvgIpc) is 2.88. The van der Waals surface area contributed by atoms with Gasteiger partial charge in [-0.25, -0.2) is 4.39 Å². The Bertz CT molecular complexity index is 604. The SMILES string of the molecule is CC(C)C[C@H](C)NC(=O)c1ccc(-c2ccc(F)cc2)s1. The first kappa shape index (κ1) is 15.7. The number of carbonyl (C=O) groups excluding carboxylic acids is 1. The van der Waals surface area contributed by atoms with Crippen LogP contribution in [0, 0.1) is 11.7 Å². The number of nitrogens with one attached hydrogen (secondary N) is 1. The average molecular weight is 305 g/mol. The monoisotopic (exact) mass is 305 g/mol. The summed E-state index contributed by atoms with van der Waals surface area (Å²) in [6.45, 7) is 6.30. The van der Waals surface area contributed by atoms with Gasteiger partial charge in [-0.15, -0.1) is 11.3 Å². The molecule has 4 heteroatoms. The molecule has 0 radical (unpaired) electrons. The van der Waals surface area contributed by atoms with Crippen LogP contribution in [0.5, 0.6) is 0 Å². The van der Waals surface area contributed by atoms with Gasteiger partial charge in [0.2, 0.25) is 0 Å². The summed E-state index contributed by atoms with van der Waals surface area (Å²) in [5, 5.41) is 3.01. The first-order valence-corrected chi connectivity index (χ1v) is 7.94. The fourth-order valence-corrected chi connectivity index (χ4v) is 3.20. The molecule has 1 amide bonds. The van der Waals surface area contributed by atoms with Crippen LogP contribution in [-0.2, 0) is 0 Å². The minimum atomic E-state index is -0.254. The van der Waals surface area contributed by atoms with Gasteiger partial charge in [-0.3, -0.25) is 4.79 Å². The number of carbonyl (C=O) groups is 1. The van der Waals surface area contributed by atoms with Crippen molar-refractivity contribution in [3.8, 4) is 10.4 Å². The Morgan fingerprint density at radius 3 is 2.43 bits per heavy atom. The molecule has 0 fully saturated rings. The summed E-state index contributed by atoms with van der Waals surface area (Å²) >= 11 is 1.43. The zero-order valence-electron chi connectivity index (χ0n) is 12.5. The number of rotatable bonds is 5. The maximum atomic E-state index is 12.9. The standard InChI is InChI=1S/C17H20FNOS/c1-11(2)10-12(3)19-17(20)16-9-8-15(21-16)13-4-6-14(18)7-5-13/h4-9,11-12H,10H2,1-3H3,(H,19,20)/t12-/m0/s1. The van der Waals surface area contributed by atoms with Crippen LogP contribution in [-0.4, -0.2) is 11.9 Å². The topological polar surface area (TPSA) is 29.1 Å². The largest absolute Gasteiger partial charge is 0.349 e. The van der Waals surface area contributed by atoms with Crippen molar-refractivity contribution in [2.45, 2.75) is 33.2 Å². The van der Waals surface area contributed by atoms with Crippen LogP contribution >= 0.6 is 11.3 Å². The second-order valence-corrected chi connectivity index (χ2v) is 6.76. The molecule has 0 aliphatic heterocycles. The molecule has 2 aromatic rings. The molecule has 0 saturated carbocycles. The molecule has 21 heavy (non-hydrogen) atoms. The number of thiophene rings is 1.